The van der Waals surface area contributed by atoms with Crippen molar-refractivity contribution >= 4 is 5.97 Å². The van der Waals surface area contributed by atoms with Crippen LogP contribution in [0.25, 0.3) is 0 Å². The molecule has 0 saturated carbocycles. The van der Waals surface area contributed by atoms with Crippen molar-refractivity contribution in [3.8, 4) is 5.75 Å². The molecule has 0 radical (unpaired) electrons. The number of benzene rings is 1. The molecule has 0 fully saturated rings. The van der Waals surface area contributed by atoms with Gasteiger partial charge in [-0.2, -0.15) is 0 Å². The molecule has 0 bridgehead atoms. The van der Waals surface area contributed by atoms with Crippen molar-refractivity contribution in [3.63, 3.8) is 0 Å². The van der Waals surface area contributed by atoms with Gasteiger partial charge in [-0.3, -0.25) is 0 Å². The summed E-state index contributed by atoms with van der Waals surface area (Å²) in [5, 5.41) is 18.3. The molecule has 1 aromatic rings. The first kappa shape index (κ1) is 15.5. The summed E-state index contributed by atoms with van der Waals surface area (Å²) in [5.41, 5.74) is 0.810. The van der Waals surface area contributed by atoms with E-state index >= 15 is 0 Å². The van der Waals surface area contributed by atoms with Crippen molar-refractivity contribution in [3.05, 3.63) is 29.8 Å². The molecule has 0 amide bonds. The van der Waals surface area contributed by atoms with E-state index in [0.29, 0.717) is 5.75 Å². The molecule has 106 valence electrons. The van der Waals surface area contributed by atoms with Crippen LogP contribution < -0.4 is 4.74 Å². The maximum Gasteiger partial charge on any atom is 0.335 e. The Morgan fingerprint density at radius 3 is 2.42 bits per heavy atom. The van der Waals surface area contributed by atoms with Gasteiger partial charge in [0.15, 0.2) is 6.10 Å². The maximum atomic E-state index is 11.4. The molecule has 0 unspecified atom stereocenters. The quantitative estimate of drug-likeness (QED) is 0.719. The molecule has 0 aliphatic rings. The standard InChI is InChI=1S/C14H20O5/c1-10(2)19-14(17)13(16)9-11-3-5-12(6-4-11)18-8-7-15/h3-6,10,13,15-16H,7-9H2,1-2H3/t13-/m0/s1. The molecule has 0 heterocycles. The summed E-state index contributed by atoms with van der Waals surface area (Å²) < 4.78 is 10.1. The summed E-state index contributed by atoms with van der Waals surface area (Å²) in [6.07, 6.45) is -1.20. The molecule has 5 heteroatoms. The lowest BCUT2D eigenvalue weighted by Crippen LogP contribution is -2.27. The summed E-state index contributed by atoms with van der Waals surface area (Å²) in [4.78, 5) is 11.4. The number of aliphatic hydroxyl groups is 2. The third-order valence-corrected chi connectivity index (χ3v) is 2.34. The van der Waals surface area contributed by atoms with Crippen molar-refractivity contribution in [1.82, 2.24) is 0 Å². The first-order valence-electron chi connectivity index (χ1n) is 6.24. The number of carbonyl (C=O) groups is 1. The first-order valence-corrected chi connectivity index (χ1v) is 6.24. The monoisotopic (exact) mass is 268 g/mol. The molecule has 2 N–H and O–H groups in total. The predicted octanol–water partition coefficient (Wildman–Crippen LogP) is 0.913. The van der Waals surface area contributed by atoms with Crippen molar-refractivity contribution in [2.24, 2.45) is 0 Å². The van der Waals surface area contributed by atoms with Crippen molar-refractivity contribution in [2.45, 2.75) is 32.5 Å². The van der Waals surface area contributed by atoms with E-state index in [9.17, 15) is 9.90 Å². The molecule has 1 aromatic carbocycles. The van der Waals surface area contributed by atoms with Crippen molar-refractivity contribution in [1.29, 1.82) is 0 Å². The SMILES string of the molecule is CC(C)OC(=O)[C@@H](O)Cc1ccc(OCCO)cc1. The normalized spacial score (nSPS) is 12.3. The Balaban J connectivity index is 2.50. The lowest BCUT2D eigenvalue weighted by molar-refractivity contribution is -0.157. The van der Waals surface area contributed by atoms with Gasteiger partial charge in [0.2, 0.25) is 0 Å². The second-order valence-corrected chi connectivity index (χ2v) is 4.42. The average Bonchev–Trinajstić information content (AvgIpc) is 2.37. The minimum atomic E-state index is -1.16. The van der Waals surface area contributed by atoms with Crippen LogP contribution in [0.2, 0.25) is 0 Å². The van der Waals surface area contributed by atoms with Gasteiger partial charge in [-0.1, -0.05) is 12.1 Å². The molecule has 0 aliphatic heterocycles. The molecule has 0 spiro atoms. The Labute approximate surface area is 112 Å². The number of hydrogen-bond acceptors (Lipinski definition) is 5. The van der Waals surface area contributed by atoms with Gasteiger partial charge in [0.1, 0.15) is 12.4 Å². The maximum absolute atomic E-state index is 11.4. The molecule has 0 aromatic heterocycles. The topological polar surface area (TPSA) is 76.0 Å². The van der Waals surface area contributed by atoms with Crippen LogP contribution in [0, 0.1) is 0 Å². The molecular formula is C14H20O5. The number of carbonyl (C=O) groups excluding carboxylic acids is 1. The van der Waals surface area contributed by atoms with Crippen molar-refractivity contribution < 1.29 is 24.5 Å². The Bertz CT molecular complexity index is 385. The van der Waals surface area contributed by atoms with Gasteiger partial charge >= 0.3 is 5.97 Å². The third-order valence-electron chi connectivity index (χ3n) is 2.34. The van der Waals surface area contributed by atoms with E-state index in [2.05, 4.69) is 0 Å². The van der Waals surface area contributed by atoms with E-state index in [1.165, 1.54) is 0 Å². The van der Waals surface area contributed by atoms with Gasteiger partial charge in [0.05, 0.1) is 12.7 Å². The smallest absolute Gasteiger partial charge is 0.335 e. The molecule has 1 atom stereocenters. The van der Waals surface area contributed by atoms with Crippen LogP contribution in [-0.4, -0.2) is 41.6 Å². The zero-order valence-corrected chi connectivity index (χ0v) is 11.2. The minimum absolute atomic E-state index is 0.0402. The fraction of sp³-hybridized carbons (Fsp3) is 0.500. The van der Waals surface area contributed by atoms with Gasteiger partial charge in [0.25, 0.3) is 0 Å². The Hall–Kier alpha value is -1.59. The zero-order valence-electron chi connectivity index (χ0n) is 11.2. The van der Waals surface area contributed by atoms with E-state index < -0.39 is 12.1 Å². The lowest BCUT2D eigenvalue weighted by atomic mass is 10.1. The van der Waals surface area contributed by atoms with E-state index in [1.807, 2.05) is 0 Å². The molecule has 1 rings (SSSR count). The van der Waals surface area contributed by atoms with Gasteiger partial charge in [-0.25, -0.2) is 4.79 Å². The van der Waals surface area contributed by atoms with Gasteiger partial charge in [0, 0.05) is 6.42 Å². The highest BCUT2D eigenvalue weighted by molar-refractivity contribution is 5.74. The van der Waals surface area contributed by atoms with Crippen LogP contribution in [0.1, 0.15) is 19.4 Å². The molecule has 0 aliphatic carbocycles. The van der Waals surface area contributed by atoms with Gasteiger partial charge in [-0.15, -0.1) is 0 Å². The fourth-order valence-corrected chi connectivity index (χ4v) is 1.50. The highest BCUT2D eigenvalue weighted by Gasteiger charge is 2.18. The van der Waals surface area contributed by atoms with Crippen LogP contribution in [0.5, 0.6) is 5.75 Å². The number of hydrogen-bond donors (Lipinski definition) is 2. The molecule has 19 heavy (non-hydrogen) atoms. The Kier molecular flexibility index (Phi) is 6.32. The highest BCUT2D eigenvalue weighted by Crippen LogP contribution is 2.14. The van der Waals surface area contributed by atoms with E-state index in [0.717, 1.165) is 5.56 Å². The summed E-state index contributed by atoms with van der Waals surface area (Å²) in [7, 11) is 0. The zero-order chi connectivity index (χ0) is 14.3. The third kappa shape index (κ3) is 5.72. The number of esters is 1. The summed E-state index contributed by atoms with van der Waals surface area (Å²) in [6.45, 7) is 3.67. The van der Waals surface area contributed by atoms with E-state index in [-0.39, 0.29) is 25.7 Å². The molecular weight excluding hydrogens is 248 g/mol. The summed E-state index contributed by atoms with van der Waals surface area (Å²) in [6, 6.07) is 6.98. The van der Waals surface area contributed by atoms with Crippen LogP contribution in [0.3, 0.4) is 0 Å². The molecule has 0 saturated heterocycles. The minimum Gasteiger partial charge on any atom is -0.491 e. The number of ether oxygens (including phenoxy) is 2. The largest absolute Gasteiger partial charge is 0.491 e. The summed E-state index contributed by atoms with van der Waals surface area (Å²) in [5.74, 6) is 0.0210. The van der Waals surface area contributed by atoms with Crippen LogP contribution in [-0.2, 0) is 16.0 Å². The van der Waals surface area contributed by atoms with Gasteiger partial charge < -0.3 is 19.7 Å². The first-order chi connectivity index (χ1) is 9.02. The van der Waals surface area contributed by atoms with Crippen LogP contribution >= 0.6 is 0 Å². The summed E-state index contributed by atoms with van der Waals surface area (Å²) >= 11 is 0. The highest BCUT2D eigenvalue weighted by atomic mass is 16.6. The second-order valence-electron chi connectivity index (χ2n) is 4.42. The van der Waals surface area contributed by atoms with E-state index in [4.69, 9.17) is 14.6 Å². The van der Waals surface area contributed by atoms with Crippen LogP contribution in [0.4, 0.5) is 0 Å². The number of rotatable bonds is 7. The average molecular weight is 268 g/mol. The Morgan fingerprint density at radius 1 is 1.26 bits per heavy atom. The van der Waals surface area contributed by atoms with Crippen LogP contribution in [0.15, 0.2) is 24.3 Å². The van der Waals surface area contributed by atoms with Gasteiger partial charge in [-0.05, 0) is 31.5 Å². The lowest BCUT2D eigenvalue weighted by Gasteiger charge is -2.13. The Morgan fingerprint density at radius 2 is 1.89 bits per heavy atom. The predicted molar refractivity (Wildman–Crippen MR) is 70.0 cm³/mol. The van der Waals surface area contributed by atoms with Crippen molar-refractivity contribution in [2.75, 3.05) is 13.2 Å². The fourth-order valence-electron chi connectivity index (χ4n) is 1.50. The van der Waals surface area contributed by atoms with E-state index in [1.54, 1.807) is 38.1 Å². The number of aliphatic hydroxyl groups excluding tert-OH is 2. The second kappa shape index (κ2) is 7.76. The molecule has 5 nitrogen and oxygen atoms in total.